The summed E-state index contributed by atoms with van der Waals surface area (Å²) in [5, 5.41) is 6.00. The van der Waals surface area contributed by atoms with Crippen LogP contribution in [-0.2, 0) is 4.79 Å². The van der Waals surface area contributed by atoms with E-state index in [1.54, 1.807) is 31.2 Å². The molecule has 5 nitrogen and oxygen atoms in total. The maximum Gasteiger partial charge on any atom is 0.248 e. The Balaban J connectivity index is 1.94. The Morgan fingerprint density at radius 2 is 1.52 bits per heavy atom. The van der Waals surface area contributed by atoms with Crippen LogP contribution in [0.2, 0.25) is 0 Å². The van der Waals surface area contributed by atoms with E-state index in [-0.39, 0.29) is 5.91 Å². The summed E-state index contributed by atoms with van der Waals surface area (Å²) in [5.41, 5.74) is 8.42. The van der Waals surface area contributed by atoms with E-state index in [1.165, 1.54) is 5.56 Å². The molecule has 2 amide bonds. The first-order valence-corrected chi connectivity index (χ1v) is 8.48. The Bertz CT molecular complexity index is 724. The molecule has 0 bridgehead atoms. The van der Waals surface area contributed by atoms with Crippen molar-refractivity contribution in [3.05, 3.63) is 59.7 Å². The highest BCUT2D eigenvalue weighted by molar-refractivity contribution is 5.97. The average molecular weight is 339 g/mol. The zero-order valence-electron chi connectivity index (χ0n) is 14.9. The van der Waals surface area contributed by atoms with Crippen molar-refractivity contribution in [2.45, 2.75) is 39.2 Å². The molecule has 0 spiro atoms. The monoisotopic (exact) mass is 339 g/mol. The van der Waals surface area contributed by atoms with Crippen molar-refractivity contribution in [2.24, 2.45) is 5.73 Å². The highest BCUT2D eigenvalue weighted by atomic mass is 16.2. The number of rotatable bonds is 7. The van der Waals surface area contributed by atoms with Gasteiger partial charge >= 0.3 is 0 Å². The minimum Gasteiger partial charge on any atom is -0.374 e. The molecule has 2 atom stereocenters. The van der Waals surface area contributed by atoms with E-state index >= 15 is 0 Å². The van der Waals surface area contributed by atoms with Crippen LogP contribution in [0, 0.1) is 0 Å². The molecule has 25 heavy (non-hydrogen) atoms. The Kier molecular flexibility index (Phi) is 6.17. The van der Waals surface area contributed by atoms with Crippen LogP contribution in [-0.4, -0.2) is 17.9 Å². The van der Waals surface area contributed by atoms with Gasteiger partial charge in [0, 0.05) is 16.9 Å². The van der Waals surface area contributed by atoms with Crippen LogP contribution in [0.1, 0.15) is 49.0 Å². The lowest BCUT2D eigenvalue weighted by Gasteiger charge is -2.16. The fourth-order valence-corrected chi connectivity index (χ4v) is 2.43. The number of hydrogen-bond donors (Lipinski definition) is 3. The first kappa shape index (κ1) is 18.5. The molecule has 0 fully saturated rings. The molecule has 0 heterocycles. The molecule has 0 unspecified atom stereocenters. The van der Waals surface area contributed by atoms with Gasteiger partial charge in [0.05, 0.1) is 0 Å². The van der Waals surface area contributed by atoms with Crippen LogP contribution >= 0.6 is 0 Å². The van der Waals surface area contributed by atoms with Crippen molar-refractivity contribution < 1.29 is 9.59 Å². The number of primary amides is 1. The minimum absolute atomic E-state index is 0.155. The quantitative estimate of drug-likeness (QED) is 0.718. The SMILES string of the molecule is CC[C@H](C)c1ccc(N[C@H](C)C(=O)Nc2ccc(C(N)=O)cc2)cc1. The second-order valence-corrected chi connectivity index (χ2v) is 6.23. The van der Waals surface area contributed by atoms with Crippen LogP contribution in [0.4, 0.5) is 11.4 Å². The Labute approximate surface area is 148 Å². The average Bonchev–Trinajstić information content (AvgIpc) is 2.62. The molecule has 2 aromatic carbocycles. The first-order valence-electron chi connectivity index (χ1n) is 8.48. The van der Waals surface area contributed by atoms with Gasteiger partial charge in [-0.05, 0) is 61.2 Å². The molecule has 132 valence electrons. The van der Waals surface area contributed by atoms with E-state index in [0.29, 0.717) is 17.2 Å². The second kappa shape index (κ2) is 8.33. The van der Waals surface area contributed by atoms with Crippen LogP contribution < -0.4 is 16.4 Å². The molecule has 0 aliphatic heterocycles. The molecule has 0 aliphatic carbocycles. The van der Waals surface area contributed by atoms with Crippen LogP contribution in [0.5, 0.6) is 0 Å². The topological polar surface area (TPSA) is 84.2 Å². The summed E-state index contributed by atoms with van der Waals surface area (Å²) in [7, 11) is 0. The van der Waals surface area contributed by atoms with Gasteiger partial charge in [-0.2, -0.15) is 0 Å². The number of anilines is 2. The van der Waals surface area contributed by atoms with E-state index in [0.717, 1.165) is 12.1 Å². The van der Waals surface area contributed by atoms with Crippen molar-refractivity contribution in [3.63, 3.8) is 0 Å². The van der Waals surface area contributed by atoms with Gasteiger partial charge in [-0.1, -0.05) is 26.0 Å². The Hall–Kier alpha value is -2.82. The maximum atomic E-state index is 12.3. The van der Waals surface area contributed by atoms with E-state index in [4.69, 9.17) is 5.73 Å². The van der Waals surface area contributed by atoms with E-state index < -0.39 is 11.9 Å². The maximum absolute atomic E-state index is 12.3. The fourth-order valence-electron chi connectivity index (χ4n) is 2.43. The fraction of sp³-hybridized carbons (Fsp3) is 0.300. The molecular weight excluding hydrogens is 314 g/mol. The van der Waals surface area contributed by atoms with E-state index in [2.05, 4.69) is 36.6 Å². The zero-order valence-corrected chi connectivity index (χ0v) is 14.9. The van der Waals surface area contributed by atoms with Gasteiger partial charge in [0.25, 0.3) is 0 Å². The Morgan fingerprint density at radius 1 is 0.960 bits per heavy atom. The standard InChI is InChI=1S/C20H25N3O2/c1-4-13(2)15-5-9-17(10-6-15)22-14(3)20(25)23-18-11-7-16(8-12-18)19(21)24/h5-14,22H,4H2,1-3H3,(H2,21,24)(H,23,25)/t13-,14+/m0/s1. The van der Waals surface area contributed by atoms with Crippen molar-refractivity contribution >= 4 is 23.2 Å². The van der Waals surface area contributed by atoms with Crippen LogP contribution in [0.25, 0.3) is 0 Å². The molecule has 2 aromatic rings. The van der Waals surface area contributed by atoms with Crippen LogP contribution in [0.15, 0.2) is 48.5 Å². The lowest BCUT2D eigenvalue weighted by molar-refractivity contribution is -0.116. The highest BCUT2D eigenvalue weighted by Crippen LogP contribution is 2.21. The molecular formula is C20H25N3O2. The number of nitrogens with two attached hydrogens (primary N) is 1. The molecule has 4 N–H and O–H groups in total. The molecule has 0 aromatic heterocycles. The van der Waals surface area contributed by atoms with Gasteiger partial charge in [0.2, 0.25) is 11.8 Å². The molecule has 0 radical (unpaired) electrons. The second-order valence-electron chi connectivity index (χ2n) is 6.23. The normalized spacial score (nSPS) is 12.9. The predicted molar refractivity (Wildman–Crippen MR) is 102 cm³/mol. The molecule has 0 saturated heterocycles. The summed E-state index contributed by atoms with van der Waals surface area (Å²) < 4.78 is 0. The summed E-state index contributed by atoms with van der Waals surface area (Å²) in [6.07, 6.45) is 1.10. The van der Waals surface area contributed by atoms with Crippen molar-refractivity contribution in [1.29, 1.82) is 0 Å². The predicted octanol–water partition coefficient (Wildman–Crippen LogP) is 3.74. The lowest BCUT2D eigenvalue weighted by Crippen LogP contribution is -2.31. The van der Waals surface area contributed by atoms with Crippen LogP contribution in [0.3, 0.4) is 0 Å². The number of nitrogens with one attached hydrogen (secondary N) is 2. The van der Waals surface area contributed by atoms with Gasteiger partial charge in [0.15, 0.2) is 0 Å². The summed E-state index contributed by atoms with van der Waals surface area (Å²) in [5.74, 6) is -0.121. The molecule has 0 aliphatic rings. The summed E-state index contributed by atoms with van der Waals surface area (Å²) in [6.45, 7) is 6.16. The van der Waals surface area contributed by atoms with E-state index in [9.17, 15) is 9.59 Å². The Morgan fingerprint density at radius 3 is 2.04 bits per heavy atom. The smallest absolute Gasteiger partial charge is 0.248 e. The third-order valence-electron chi connectivity index (χ3n) is 4.31. The number of benzene rings is 2. The van der Waals surface area contributed by atoms with Gasteiger partial charge in [-0.25, -0.2) is 0 Å². The molecule has 5 heteroatoms. The number of amides is 2. The van der Waals surface area contributed by atoms with Crippen molar-refractivity contribution in [2.75, 3.05) is 10.6 Å². The minimum atomic E-state index is -0.492. The van der Waals surface area contributed by atoms with Gasteiger partial charge in [-0.3, -0.25) is 9.59 Å². The highest BCUT2D eigenvalue weighted by Gasteiger charge is 2.13. The zero-order chi connectivity index (χ0) is 18.4. The summed E-state index contributed by atoms with van der Waals surface area (Å²) >= 11 is 0. The lowest BCUT2D eigenvalue weighted by atomic mass is 9.98. The van der Waals surface area contributed by atoms with Gasteiger partial charge < -0.3 is 16.4 Å². The number of carbonyl (C=O) groups excluding carboxylic acids is 2. The largest absolute Gasteiger partial charge is 0.374 e. The molecule has 2 rings (SSSR count). The number of carbonyl (C=O) groups is 2. The summed E-state index contributed by atoms with van der Waals surface area (Å²) in [4.78, 5) is 23.3. The first-order chi connectivity index (χ1) is 11.9. The third kappa shape index (κ3) is 5.08. The van der Waals surface area contributed by atoms with Crippen molar-refractivity contribution in [1.82, 2.24) is 0 Å². The van der Waals surface area contributed by atoms with Gasteiger partial charge in [-0.15, -0.1) is 0 Å². The number of hydrogen-bond acceptors (Lipinski definition) is 3. The molecule has 0 saturated carbocycles. The summed E-state index contributed by atoms with van der Waals surface area (Å²) in [6, 6.07) is 14.3. The third-order valence-corrected chi connectivity index (χ3v) is 4.31. The van der Waals surface area contributed by atoms with Gasteiger partial charge in [0.1, 0.15) is 6.04 Å². The van der Waals surface area contributed by atoms with E-state index in [1.807, 2.05) is 12.1 Å². The van der Waals surface area contributed by atoms with Crippen molar-refractivity contribution in [3.8, 4) is 0 Å².